The molecule has 0 fully saturated rings. The van der Waals surface area contributed by atoms with Gasteiger partial charge in [-0.3, -0.25) is 0 Å². The maximum atomic E-state index is 6.18. The molecule has 7 nitrogen and oxygen atoms in total. The molecule has 0 unspecified atom stereocenters. The van der Waals surface area contributed by atoms with Crippen LogP contribution in [-0.2, 0) is 17.8 Å². The van der Waals surface area contributed by atoms with Crippen molar-refractivity contribution in [3.63, 3.8) is 0 Å². The molecule has 0 saturated carbocycles. The third kappa shape index (κ3) is 4.28. The highest BCUT2D eigenvalue weighted by atomic mass is 32.2. The summed E-state index contributed by atoms with van der Waals surface area (Å²) in [5.41, 5.74) is 4.45. The van der Waals surface area contributed by atoms with E-state index in [2.05, 4.69) is 61.1 Å². The van der Waals surface area contributed by atoms with Crippen LogP contribution in [0, 0.1) is 6.92 Å². The average Bonchev–Trinajstić information content (AvgIpc) is 3.28. The number of nitrogens with zero attached hydrogens (tertiary/aromatic N) is 5. The quantitative estimate of drug-likeness (QED) is 0.372. The first-order valence-corrected chi connectivity index (χ1v) is 10.8. The summed E-state index contributed by atoms with van der Waals surface area (Å²) in [6, 6.07) is 12.2. The van der Waals surface area contributed by atoms with Crippen LogP contribution in [0.1, 0.15) is 43.4 Å². The second kappa shape index (κ2) is 8.02. The molecule has 8 heteroatoms. The molecular formula is C22H26N6OS. The Morgan fingerprint density at radius 3 is 2.57 bits per heavy atom. The van der Waals surface area contributed by atoms with Crippen LogP contribution in [0.4, 0.5) is 0 Å². The maximum Gasteiger partial charge on any atom is 0.210 e. The van der Waals surface area contributed by atoms with E-state index in [9.17, 15) is 0 Å². The van der Waals surface area contributed by atoms with Crippen molar-refractivity contribution >= 4 is 17.4 Å². The highest BCUT2D eigenvalue weighted by Gasteiger charge is 2.15. The number of hydrogen-bond donors (Lipinski definition) is 1. The van der Waals surface area contributed by atoms with Gasteiger partial charge in [-0.05, 0) is 41.7 Å². The standard InChI is InChI=1S/C22H26N6OS/c1-15-6-5-11-27-12-17(24-20(15)27)14-30-21-26-25-19(28(21)23)13-29-18-9-7-16(8-10-18)22(2,3)4/h5-12H,13-14,23H2,1-4H3. The first-order chi connectivity index (χ1) is 14.3. The van der Waals surface area contributed by atoms with Gasteiger partial charge in [0.2, 0.25) is 5.16 Å². The number of thioether (sulfide) groups is 1. The van der Waals surface area contributed by atoms with Crippen molar-refractivity contribution in [3.8, 4) is 5.75 Å². The molecule has 156 valence electrons. The Bertz CT molecular complexity index is 1160. The van der Waals surface area contributed by atoms with Crippen molar-refractivity contribution in [3.05, 3.63) is 71.4 Å². The van der Waals surface area contributed by atoms with Crippen molar-refractivity contribution in [2.75, 3.05) is 5.84 Å². The van der Waals surface area contributed by atoms with Gasteiger partial charge in [-0.15, -0.1) is 10.2 Å². The van der Waals surface area contributed by atoms with Gasteiger partial charge >= 0.3 is 0 Å². The molecular weight excluding hydrogens is 396 g/mol. The van der Waals surface area contributed by atoms with Gasteiger partial charge in [-0.1, -0.05) is 50.7 Å². The Morgan fingerprint density at radius 2 is 1.87 bits per heavy atom. The second-order valence-corrected chi connectivity index (χ2v) is 9.22. The van der Waals surface area contributed by atoms with E-state index in [0.717, 1.165) is 22.7 Å². The minimum atomic E-state index is 0.113. The Morgan fingerprint density at radius 1 is 1.10 bits per heavy atom. The molecule has 3 aromatic heterocycles. The van der Waals surface area contributed by atoms with Crippen LogP contribution >= 0.6 is 11.8 Å². The number of fused-ring (bicyclic) bond motifs is 1. The predicted octanol–water partition coefficient (Wildman–Crippen LogP) is 4.12. The third-order valence-corrected chi connectivity index (χ3v) is 5.88. The second-order valence-electron chi connectivity index (χ2n) is 8.27. The fraction of sp³-hybridized carbons (Fsp3) is 0.318. The van der Waals surface area contributed by atoms with Crippen LogP contribution in [0.2, 0.25) is 0 Å². The lowest BCUT2D eigenvalue weighted by Crippen LogP contribution is -2.16. The summed E-state index contributed by atoms with van der Waals surface area (Å²) < 4.78 is 9.35. The molecule has 0 saturated heterocycles. The van der Waals surface area contributed by atoms with Crippen LogP contribution in [0.25, 0.3) is 5.65 Å². The number of benzene rings is 1. The molecule has 4 rings (SSSR count). The summed E-state index contributed by atoms with van der Waals surface area (Å²) in [5.74, 6) is 8.19. The van der Waals surface area contributed by atoms with Crippen molar-refractivity contribution in [1.82, 2.24) is 24.3 Å². The Kier molecular flexibility index (Phi) is 5.42. The first kappa shape index (κ1) is 20.3. The number of hydrogen-bond acceptors (Lipinski definition) is 6. The van der Waals surface area contributed by atoms with Crippen molar-refractivity contribution < 1.29 is 4.74 Å². The van der Waals surface area contributed by atoms with E-state index in [1.54, 1.807) is 0 Å². The summed E-state index contributed by atoms with van der Waals surface area (Å²) in [6.07, 6.45) is 4.02. The molecule has 0 bridgehead atoms. The SMILES string of the molecule is Cc1cccn2cc(CSc3nnc(COc4ccc(C(C)(C)C)cc4)n3N)nc12. The molecule has 0 aliphatic rings. The van der Waals surface area contributed by atoms with E-state index >= 15 is 0 Å². The Balaban J connectivity index is 1.38. The number of nitrogens with two attached hydrogens (primary N) is 1. The lowest BCUT2D eigenvalue weighted by molar-refractivity contribution is 0.291. The summed E-state index contributed by atoms with van der Waals surface area (Å²) in [7, 11) is 0. The highest BCUT2D eigenvalue weighted by molar-refractivity contribution is 7.98. The van der Waals surface area contributed by atoms with Crippen molar-refractivity contribution in [2.45, 2.75) is 50.6 Å². The monoisotopic (exact) mass is 422 g/mol. The smallest absolute Gasteiger partial charge is 0.210 e. The number of aryl methyl sites for hydroxylation is 1. The van der Waals surface area contributed by atoms with Crippen LogP contribution in [0.3, 0.4) is 0 Å². The normalized spacial score (nSPS) is 11.9. The zero-order valence-electron chi connectivity index (χ0n) is 17.7. The lowest BCUT2D eigenvalue weighted by atomic mass is 9.87. The number of imidazole rings is 1. The number of nitrogen functional groups attached to an aromatic ring is 1. The summed E-state index contributed by atoms with van der Waals surface area (Å²) in [5, 5.41) is 9.00. The largest absolute Gasteiger partial charge is 0.486 e. The molecule has 4 aromatic rings. The van der Waals surface area contributed by atoms with E-state index in [-0.39, 0.29) is 12.0 Å². The third-order valence-electron chi connectivity index (χ3n) is 4.90. The van der Waals surface area contributed by atoms with Gasteiger partial charge in [-0.2, -0.15) is 0 Å². The van der Waals surface area contributed by atoms with E-state index in [4.69, 9.17) is 10.6 Å². The van der Waals surface area contributed by atoms with Crippen molar-refractivity contribution in [2.24, 2.45) is 0 Å². The minimum Gasteiger partial charge on any atom is -0.486 e. The summed E-state index contributed by atoms with van der Waals surface area (Å²) in [6.45, 7) is 8.87. The molecule has 0 amide bonds. The minimum absolute atomic E-state index is 0.113. The van der Waals surface area contributed by atoms with E-state index in [0.29, 0.717) is 16.7 Å². The Labute approximate surface area is 180 Å². The summed E-state index contributed by atoms with van der Waals surface area (Å²) >= 11 is 1.50. The van der Waals surface area contributed by atoms with Gasteiger partial charge < -0.3 is 15.0 Å². The highest BCUT2D eigenvalue weighted by Crippen LogP contribution is 2.25. The molecule has 2 N–H and O–H groups in total. The Hall–Kier alpha value is -3.00. The van der Waals surface area contributed by atoms with Gasteiger partial charge in [0, 0.05) is 18.1 Å². The maximum absolute atomic E-state index is 6.18. The molecule has 0 spiro atoms. The molecule has 0 aliphatic heterocycles. The predicted molar refractivity (Wildman–Crippen MR) is 119 cm³/mol. The number of ether oxygens (including phenoxy) is 1. The fourth-order valence-electron chi connectivity index (χ4n) is 3.12. The molecule has 0 atom stereocenters. The van der Waals surface area contributed by atoms with E-state index in [1.807, 2.05) is 35.0 Å². The molecule has 1 aromatic carbocycles. The van der Waals surface area contributed by atoms with Crippen molar-refractivity contribution in [1.29, 1.82) is 0 Å². The molecule has 0 radical (unpaired) electrons. The zero-order chi connectivity index (χ0) is 21.3. The van der Waals surface area contributed by atoms with Crippen LogP contribution in [-0.4, -0.2) is 24.3 Å². The molecule has 0 aliphatic carbocycles. The van der Waals surface area contributed by atoms with Crippen LogP contribution in [0.5, 0.6) is 5.75 Å². The number of aromatic nitrogens is 5. The molecule has 3 heterocycles. The average molecular weight is 423 g/mol. The topological polar surface area (TPSA) is 83.3 Å². The van der Waals surface area contributed by atoms with Gasteiger partial charge in [0.25, 0.3) is 0 Å². The van der Waals surface area contributed by atoms with E-state index < -0.39 is 0 Å². The van der Waals surface area contributed by atoms with Gasteiger partial charge in [0.05, 0.1) is 5.69 Å². The van der Waals surface area contributed by atoms with Crippen LogP contribution < -0.4 is 10.6 Å². The van der Waals surface area contributed by atoms with Gasteiger partial charge in [-0.25, -0.2) is 9.66 Å². The number of rotatable bonds is 6. The van der Waals surface area contributed by atoms with Gasteiger partial charge in [0.1, 0.15) is 18.0 Å². The summed E-state index contributed by atoms with van der Waals surface area (Å²) in [4.78, 5) is 4.68. The number of pyridine rings is 1. The van der Waals surface area contributed by atoms with Gasteiger partial charge in [0.15, 0.2) is 5.82 Å². The zero-order valence-corrected chi connectivity index (χ0v) is 18.5. The van der Waals surface area contributed by atoms with E-state index in [1.165, 1.54) is 22.0 Å². The first-order valence-electron chi connectivity index (χ1n) is 9.80. The fourth-order valence-corrected chi connectivity index (χ4v) is 3.87. The van der Waals surface area contributed by atoms with Crippen LogP contribution in [0.15, 0.2) is 53.9 Å². The molecule has 30 heavy (non-hydrogen) atoms. The lowest BCUT2D eigenvalue weighted by Gasteiger charge is -2.19.